The van der Waals surface area contributed by atoms with Crippen LogP contribution in [0, 0.1) is 5.82 Å². The van der Waals surface area contributed by atoms with E-state index in [-0.39, 0.29) is 35.2 Å². The fourth-order valence-electron chi connectivity index (χ4n) is 2.78. The summed E-state index contributed by atoms with van der Waals surface area (Å²) in [4.78, 5) is 24.3. The molecular formula is C24H31FN2O4S. The number of rotatable bonds is 13. The molecule has 6 nitrogen and oxygen atoms in total. The van der Waals surface area contributed by atoms with Gasteiger partial charge in [0, 0.05) is 5.69 Å². The van der Waals surface area contributed by atoms with E-state index in [0.29, 0.717) is 30.4 Å². The number of carbonyl (C=O) groups excluding carboxylic acids is 2. The molecule has 8 heteroatoms. The molecule has 2 rings (SSSR count). The van der Waals surface area contributed by atoms with Crippen LogP contribution in [-0.2, 0) is 9.59 Å². The zero-order valence-electron chi connectivity index (χ0n) is 18.8. The van der Waals surface area contributed by atoms with E-state index in [1.807, 2.05) is 39.0 Å². The summed E-state index contributed by atoms with van der Waals surface area (Å²) in [6.45, 7) is 7.18. The predicted octanol–water partition coefficient (Wildman–Crippen LogP) is 4.95. The maximum Gasteiger partial charge on any atom is 0.234 e. The van der Waals surface area contributed by atoms with Crippen LogP contribution in [0.15, 0.2) is 42.5 Å². The normalized spacial score (nSPS) is 11.5. The van der Waals surface area contributed by atoms with Crippen molar-refractivity contribution in [2.45, 2.75) is 39.7 Å². The smallest absolute Gasteiger partial charge is 0.234 e. The van der Waals surface area contributed by atoms with Gasteiger partial charge in [0.2, 0.25) is 11.8 Å². The fourth-order valence-corrected chi connectivity index (χ4v) is 3.41. The lowest BCUT2D eigenvalue weighted by molar-refractivity contribution is -0.119. The maximum atomic E-state index is 12.9. The second kappa shape index (κ2) is 13.6. The van der Waals surface area contributed by atoms with Gasteiger partial charge in [-0.15, -0.1) is 11.8 Å². The van der Waals surface area contributed by atoms with Crippen LogP contribution in [0.2, 0.25) is 0 Å². The molecule has 2 amide bonds. The van der Waals surface area contributed by atoms with Gasteiger partial charge in [-0.1, -0.05) is 19.9 Å². The third kappa shape index (κ3) is 8.78. The molecule has 0 heterocycles. The van der Waals surface area contributed by atoms with Crippen LogP contribution >= 0.6 is 11.8 Å². The lowest BCUT2D eigenvalue weighted by atomic mass is 10.1. The molecule has 1 unspecified atom stereocenters. The van der Waals surface area contributed by atoms with E-state index in [1.165, 1.54) is 36.0 Å². The molecule has 0 saturated heterocycles. The number of benzene rings is 2. The second-order valence-electron chi connectivity index (χ2n) is 7.24. The highest BCUT2D eigenvalue weighted by molar-refractivity contribution is 8.00. The SMILES string of the molecule is CCCOc1ccc(C(C)NC(=O)CSCC(=O)Nc2ccc(F)cc2)cc1OCCC. The molecule has 0 spiro atoms. The zero-order valence-corrected chi connectivity index (χ0v) is 19.6. The molecule has 1 atom stereocenters. The van der Waals surface area contributed by atoms with Crippen molar-refractivity contribution in [2.75, 3.05) is 30.0 Å². The van der Waals surface area contributed by atoms with E-state index in [2.05, 4.69) is 10.6 Å². The summed E-state index contributed by atoms with van der Waals surface area (Å²) in [5.74, 6) is 0.865. The summed E-state index contributed by atoms with van der Waals surface area (Å²) in [7, 11) is 0. The van der Waals surface area contributed by atoms with Gasteiger partial charge in [0.1, 0.15) is 5.82 Å². The van der Waals surface area contributed by atoms with Crippen molar-refractivity contribution < 1.29 is 23.5 Å². The van der Waals surface area contributed by atoms with Crippen LogP contribution in [-0.4, -0.2) is 36.5 Å². The number of nitrogens with one attached hydrogen (secondary N) is 2. The van der Waals surface area contributed by atoms with E-state index >= 15 is 0 Å². The van der Waals surface area contributed by atoms with Crippen molar-refractivity contribution in [3.05, 3.63) is 53.8 Å². The Labute approximate surface area is 193 Å². The van der Waals surface area contributed by atoms with Crippen LogP contribution in [0.1, 0.15) is 45.2 Å². The summed E-state index contributed by atoms with van der Waals surface area (Å²) in [5, 5.41) is 5.61. The number of amides is 2. The summed E-state index contributed by atoms with van der Waals surface area (Å²) in [5.41, 5.74) is 1.43. The Balaban J connectivity index is 1.82. The molecule has 0 saturated carbocycles. The highest BCUT2D eigenvalue weighted by Crippen LogP contribution is 2.31. The van der Waals surface area contributed by atoms with Crippen LogP contribution < -0.4 is 20.1 Å². The Hall–Kier alpha value is -2.74. The van der Waals surface area contributed by atoms with Crippen molar-refractivity contribution >= 4 is 29.3 Å². The monoisotopic (exact) mass is 462 g/mol. The molecule has 174 valence electrons. The van der Waals surface area contributed by atoms with Gasteiger partial charge in [-0.05, 0) is 61.7 Å². The lowest BCUT2D eigenvalue weighted by Gasteiger charge is -2.18. The molecular weight excluding hydrogens is 431 g/mol. The van der Waals surface area contributed by atoms with Gasteiger partial charge in [-0.3, -0.25) is 9.59 Å². The Kier molecular flexibility index (Phi) is 10.9. The summed E-state index contributed by atoms with van der Waals surface area (Å²) < 4.78 is 24.5. The number of anilines is 1. The molecule has 0 aliphatic rings. The second-order valence-corrected chi connectivity index (χ2v) is 8.23. The van der Waals surface area contributed by atoms with Crippen molar-refractivity contribution in [1.29, 1.82) is 0 Å². The third-order valence-electron chi connectivity index (χ3n) is 4.36. The first-order chi connectivity index (χ1) is 15.4. The average molecular weight is 463 g/mol. The minimum absolute atomic E-state index is 0.123. The van der Waals surface area contributed by atoms with Gasteiger partial charge >= 0.3 is 0 Å². The molecule has 0 fully saturated rings. The fraction of sp³-hybridized carbons (Fsp3) is 0.417. The van der Waals surface area contributed by atoms with Crippen LogP contribution in [0.4, 0.5) is 10.1 Å². The van der Waals surface area contributed by atoms with Crippen molar-refractivity contribution in [3.8, 4) is 11.5 Å². The summed E-state index contributed by atoms with van der Waals surface area (Å²) in [6, 6.07) is 11.0. The molecule has 0 radical (unpaired) electrons. The van der Waals surface area contributed by atoms with Crippen LogP contribution in [0.25, 0.3) is 0 Å². The van der Waals surface area contributed by atoms with Gasteiger partial charge < -0.3 is 20.1 Å². The minimum Gasteiger partial charge on any atom is -0.490 e. The van der Waals surface area contributed by atoms with E-state index in [4.69, 9.17) is 9.47 Å². The topological polar surface area (TPSA) is 76.7 Å². The first-order valence-corrected chi connectivity index (χ1v) is 11.9. The number of carbonyl (C=O) groups is 2. The standard InChI is InChI=1S/C24H31FN2O4S/c1-4-12-30-21-11-6-18(14-22(21)31-13-5-2)17(3)26-23(28)15-32-16-24(29)27-20-9-7-19(25)8-10-20/h6-11,14,17H,4-5,12-13,15-16H2,1-3H3,(H,26,28)(H,27,29). The molecule has 2 N–H and O–H groups in total. The number of halogens is 1. The van der Waals surface area contributed by atoms with E-state index in [0.717, 1.165) is 18.4 Å². The summed E-state index contributed by atoms with van der Waals surface area (Å²) in [6.07, 6.45) is 1.79. The van der Waals surface area contributed by atoms with Crippen LogP contribution in [0.5, 0.6) is 11.5 Å². The quantitative estimate of drug-likeness (QED) is 0.440. The van der Waals surface area contributed by atoms with Gasteiger partial charge in [-0.25, -0.2) is 4.39 Å². The molecule has 0 bridgehead atoms. The molecule has 2 aromatic carbocycles. The van der Waals surface area contributed by atoms with Gasteiger partial charge in [0.05, 0.1) is 30.8 Å². The van der Waals surface area contributed by atoms with Gasteiger partial charge in [0.15, 0.2) is 11.5 Å². The molecule has 2 aromatic rings. The Morgan fingerprint density at radius 3 is 2.22 bits per heavy atom. The number of thioether (sulfide) groups is 1. The Morgan fingerprint density at radius 2 is 1.56 bits per heavy atom. The molecule has 32 heavy (non-hydrogen) atoms. The molecule has 0 aromatic heterocycles. The minimum atomic E-state index is -0.365. The van der Waals surface area contributed by atoms with Crippen molar-refractivity contribution in [2.24, 2.45) is 0 Å². The van der Waals surface area contributed by atoms with Gasteiger partial charge in [-0.2, -0.15) is 0 Å². The van der Waals surface area contributed by atoms with Crippen molar-refractivity contribution in [1.82, 2.24) is 5.32 Å². The first kappa shape index (κ1) is 25.5. The highest BCUT2D eigenvalue weighted by atomic mass is 32.2. The third-order valence-corrected chi connectivity index (χ3v) is 5.30. The molecule has 0 aliphatic carbocycles. The first-order valence-electron chi connectivity index (χ1n) is 10.7. The predicted molar refractivity (Wildman–Crippen MR) is 127 cm³/mol. The largest absolute Gasteiger partial charge is 0.490 e. The summed E-state index contributed by atoms with van der Waals surface area (Å²) >= 11 is 1.21. The van der Waals surface area contributed by atoms with E-state index in [1.54, 1.807) is 0 Å². The maximum absolute atomic E-state index is 12.9. The van der Waals surface area contributed by atoms with Crippen molar-refractivity contribution in [3.63, 3.8) is 0 Å². The lowest BCUT2D eigenvalue weighted by Crippen LogP contribution is -2.28. The highest BCUT2D eigenvalue weighted by Gasteiger charge is 2.14. The average Bonchev–Trinajstić information content (AvgIpc) is 2.78. The number of ether oxygens (including phenoxy) is 2. The Morgan fingerprint density at radius 1 is 0.938 bits per heavy atom. The number of hydrogen-bond acceptors (Lipinski definition) is 5. The van der Waals surface area contributed by atoms with E-state index < -0.39 is 0 Å². The number of hydrogen-bond donors (Lipinski definition) is 2. The Bertz CT molecular complexity index is 877. The van der Waals surface area contributed by atoms with Gasteiger partial charge in [0.25, 0.3) is 0 Å². The zero-order chi connectivity index (χ0) is 23.3. The molecule has 0 aliphatic heterocycles. The van der Waals surface area contributed by atoms with Crippen LogP contribution in [0.3, 0.4) is 0 Å². The van der Waals surface area contributed by atoms with E-state index in [9.17, 15) is 14.0 Å².